The first-order valence-electron chi connectivity index (χ1n) is 10.1. The van der Waals surface area contributed by atoms with E-state index >= 15 is 0 Å². The van der Waals surface area contributed by atoms with Crippen LogP contribution in [0.2, 0.25) is 0 Å². The van der Waals surface area contributed by atoms with E-state index in [-0.39, 0.29) is 0 Å². The fourth-order valence-electron chi connectivity index (χ4n) is 5.20. The van der Waals surface area contributed by atoms with Crippen LogP contribution in [0.1, 0.15) is 50.0 Å². The minimum atomic E-state index is -0.874. The van der Waals surface area contributed by atoms with Crippen molar-refractivity contribution in [2.75, 3.05) is 0 Å². The molecule has 0 unspecified atom stereocenters. The highest BCUT2D eigenvalue weighted by atomic mass is 28.3. The van der Waals surface area contributed by atoms with Gasteiger partial charge in [-0.15, -0.1) is 0 Å². The van der Waals surface area contributed by atoms with Crippen LogP contribution >= 0.6 is 0 Å². The Kier molecular flexibility index (Phi) is 3.63. The Hall–Kier alpha value is -2.90. The number of benzene rings is 3. The monoisotopic (exact) mass is 373 g/mol. The third-order valence-electron chi connectivity index (χ3n) is 6.48. The van der Waals surface area contributed by atoms with Crippen molar-refractivity contribution in [2.24, 2.45) is 0 Å². The molecular formula is C27H21Si. The summed E-state index contributed by atoms with van der Waals surface area (Å²) in [5.74, 6) is 0. The Balaban J connectivity index is 1.51. The molecule has 1 radical (unpaired) electrons. The maximum atomic E-state index is 2.49. The van der Waals surface area contributed by atoms with E-state index in [1.54, 1.807) is 0 Å². The molecule has 3 aromatic rings. The average molecular weight is 374 g/mol. The van der Waals surface area contributed by atoms with Crippen molar-refractivity contribution >= 4 is 27.0 Å². The highest BCUT2D eigenvalue weighted by Crippen LogP contribution is 2.48. The molecule has 3 aliphatic carbocycles. The molecule has 0 nitrogen and oxygen atoms in total. The SMILES string of the molecule is C1=C[C@@H]([Si]([C@H]2C=Cc3ccccc32)[C@H]2C=Cc3ccccc32)c2ccccc21. The number of rotatable bonds is 3. The van der Waals surface area contributed by atoms with E-state index in [2.05, 4.69) is 109 Å². The number of allylic oxidation sites excluding steroid dienone is 3. The summed E-state index contributed by atoms with van der Waals surface area (Å²) in [4.78, 5) is 0. The molecule has 3 aliphatic rings. The Morgan fingerprint density at radius 2 is 0.750 bits per heavy atom. The predicted molar refractivity (Wildman–Crippen MR) is 120 cm³/mol. The first-order valence-corrected chi connectivity index (χ1v) is 11.8. The zero-order chi connectivity index (χ0) is 18.5. The lowest BCUT2D eigenvalue weighted by Gasteiger charge is -2.32. The summed E-state index contributed by atoms with van der Waals surface area (Å²) in [5, 5.41) is 0. The first-order chi connectivity index (χ1) is 13.9. The van der Waals surface area contributed by atoms with E-state index in [1.807, 2.05) is 0 Å². The maximum absolute atomic E-state index is 2.49. The molecule has 0 saturated carbocycles. The van der Waals surface area contributed by atoms with E-state index in [0.717, 1.165) is 0 Å². The van der Waals surface area contributed by atoms with Crippen molar-refractivity contribution in [3.63, 3.8) is 0 Å². The summed E-state index contributed by atoms with van der Waals surface area (Å²) in [5.41, 5.74) is 10.4. The molecule has 1 heteroatoms. The van der Waals surface area contributed by atoms with Crippen LogP contribution < -0.4 is 0 Å². The van der Waals surface area contributed by atoms with Crippen molar-refractivity contribution in [3.05, 3.63) is 124 Å². The second-order valence-electron chi connectivity index (χ2n) is 7.90. The van der Waals surface area contributed by atoms with E-state index in [0.29, 0.717) is 16.6 Å². The van der Waals surface area contributed by atoms with Crippen molar-refractivity contribution in [1.29, 1.82) is 0 Å². The van der Waals surface area contributed by atoms with E-state index < -0.39 is 8.80 Å². The van der Waals surface area contributed by atoms with Gasteiger partial charge in [-0.05, 0) is 50.0 Å². The fourth-order valence-corrected chi connectivity index (χ4v) is 9.18. The molecule has 0 aliphatic heterocycles. The molecule has 3 atom stereocenters. The van der Waals surface area contributed by atoms with Crippen molar-refractivity contribution in [2.45, 2.75) is 16.6 Å². The van der Waals surface area contributed by atoms with Gasteiger partial charge in [0, 0.05) is 0 Å². The minimum absolute atomic E-state index is 0.530. The van der Waals surface area contributed by atoms with Crippen LogP contribution in [0.4, 0.5) is 0 Å². The molecular weight excluding hydrogens is 352 g/mol. The molecule has 0 heterocycles. The van der Waals surface area contributed by atoms with Gasteiger partial charge in [0.1, 0.15) is 0 Å². The standard InChI is InChI=1S/C27H21Si/c1-4-10-22-19(7-1)13-16-25(22)28(26-17-14-20-8-2-5-11-23(20)26)27-18-15-21-9-3-6-12-24(21)27/h1-18,25-27H/t25-,26-,27+/m0/s1. The fraction of sp³-hybridized carbons (Fsp3) is 0.111. The number of hydrogen-bond donors (Lipinski definition) is 0. The van der Waals surface area contributed by atoms with Gasteiger partial charge in [0.25, 0.3) is 0 Å². The van der Waals surface area contributed by atoms with Crippen LogP contribution in [0, 0.1) is 0 Å². The van der Waals surface area contributed by atoms with Crippen molar-refractivity contribution < 1.29 is 0 Å². The molecule has 0 N–H and O–H groups in total. The quantitative estimate of drug-likeness (QED) is 0.458. The molecule has 133 valence electrons. The zero-order valence-electron chi connectivity index (χ0n) is 15.6. The average Bonchev–Trinajstić information content (AvgIpc) is 3.47. The molecule has 28 heavy (non-hydrogen) atoms. The van der Waals surface area contributed by atoms with Gasteiger partial charge in [0.2, 0.25) is 0 Å². The summed E-state index contributed by atoms with van der Waals surface area (Å²) in [7, 11) is -0.874. The van der Waals surface area contributed by atoms with Gasteiger partial charge < -0.3 is 0 Å². The predicted octanol–water partition coefficient (Wildman–Crippen LogP) is 6.53. The van der Waals surface area contributed by atoms with E-state index in [9.17, 15) is 0 Å². The van der Waals surface area contributed by atoms with Gasteiger partial charge in [0.15, 0.2) is 0 Å². The smallest absolute Gasteiger partial charge is 0.0793 e. The molecule has 0 spiro atoms. The highest BCUT2D eigenvalue weighted by Gasteiger charge is 2.42. The molecule has 0 amide bonds. The molecule has 0 saturated heterocycles. The summed E-state index contributed by atoms with van der Waals surface area (Å²) >= 11 is 0. The second kappa shape index (κ2) is 6.32. The normalized spacial score (nSPS) is 23.2. The van der Waals surface area contributed by atoms with Crippen LogP contribution in [0.25, 0.3) is 18.2 Å². The Morgan fingerprint density at radius 3 is 1.11 bits per heavy atom. The topological polar surface area (TPSA) is 0 Å². The van der Waals surface area contributed by atoms with Gasteiger partial charge in [-0.3, -0.25) is 0 Å². The minimum Gasteiger partial charge on any atom is -0.0793 e. The molecule has 3 aromatic carbocycles. The molecule has 0 bridgehead atoms. The highest BCUT2D eigenvalue weighted by molar-refractivity contribution is 6.66. The molecule has 0 fully saturated rings. The summed E-state index contributed by atoms with van der Waals surface area (Å²) in [6.45, 7) is 0. The second-order valence-corrected chi connectivity index (χ2v) is 10.8. The van der Waals surface area contributed by atoms with E-state index in [4.69, 9.17) is 0 Å². The first kappa shape index (κ1) is 16.1. The maximum Gasteiger partial charge on any atom is 0.0867 e. The van der Waals surface area contributed by atoms with E-state index in [1.165, 1.54) is 33.4 Å². The van der Waals surface area contributed by atoms with Crippen LogP contribution in [0.5, 0.6) is 0 Å². The lowest BCUT2D eigenvalue weighted by molar-refractivity contribution is 1.01. The summed E-state index contributed by atoms with van der Waals surface area (Å²) in [6.07, 6.45) is 14.5. The summed E-state index contributed by atoms with van der Waals surface area (Å²) < 4.78 is 0. The van der Waals surface area contributed by atoms with Crippen molar-refractivity contribution in [1.82, 2.24) is 0 Å². The number of hydrogen-bond acceptors (Lipinski definition) is 0. The van der Waals surface area contributed by atoms with Crippen LogP contribution in [-0.4, -0.2) is 8.80 Å². The van der Waals surface area contributed by atoms with Crippen LogP contribution in [0.3, 0.4) is 0 Å². The van der Waals surface area contributed by atoms with Gasteiger partial charge >= 0.3 is 0 Å². The molecule has 0 aromatic heterocycles. The largest absolute Gasteiger partial charge is 0.0867 e. The van der Waals surface area contributed by atoms with Gasteiger partial charge in [-0.25, -0.2) is 0 Å². The third-order valence-corrected chi connectivity index (χ3v) is 10.1. The Morgan fingerprint density at radius 1 is 0.429 bits per heavy atom. The Bertz CT molecular complexity index is 1000. The lowest BCUT2D eigenvalue weighted by Crippen LogP contribution is -2.35. The van der Waals surface area contributed by atoms with Gasteiger partial charge in [-0.2, -0.15) is 0 Å². The zero-order valence-corrected chi connectivity index (χ0v) is 16.6. The van der Waals surface area contributed by atoms with Crippen molar-refractivity contribution in [3.8, 4) is 0 Å². The number of fused-ring (bicyclic) bond motifs is 3. The summed E-state index contributed by atoms with van der Waals surface area (Å²) in [6, 6.07) is 26.9. The Labute approximate surface area is 168 Å². The van der Waals surface area contributed by atoms with Crippen LogP contribution in [0.15, 0.2) is 91.0 Å². The lowest BCUT2D eigenvalue weighted by atomic mass is 10.1. The van der Waals surface area contributed by atoms with Crippen LogP contribution in [-0.2, 0) is 0 Å². The third kappa shape index (κ3) is 2.36. The van der Waals surface area contributed by atoms with Gasteiger partial charge in [0.05, 0.1) is 8.80 Å². The molecule has 6 rings (SSSR count). The van der Waals surface area contributed by atoms with Gasteiger partial charge in [-0.1, -0.05) is 109 Å².